The van der Waals surface area contributed by atoms with E-state index in [2.05, 4.69) is 19.1 Å². The monoisotopic (exact) mass is 467 g/mol. The average molecular weight is 468 g/mol. The molecule has 5 heteroatoms. The zero-order valence-electron chi connectivity index (χ0n) is 19.5. The molecule has 4 nitrogen and oxygen atoms in total. The molecule has 0 saturated carbocycles. The number of pyridine rings is 1. The number of nitrogens with zero attached hydrogens (tertiary/aromatic N) is 1. The third kappa shape index (κ3) is 3.72. The van der Waals surface area contributed by atoms with E-state index in [0.717, 1.165) is 20.7 Å². The molecular formula is C29H25NO3S. The number of thiophene rings is 1. The molecule has 0 radical (unpaired) electrons. The Bertz CT molecular complexity index is 1550. The number of benzene rings is 3. The first kappa shape index (κ1) is 22.1. The Morgan fingerprint density at radius 2 is 1.68 bits per heavy atom. The number of fused-ring (bicyclic) bond motifs is 2. The number of aromatic nitrogens is 1. The minimum Gasteiger partial charge on any atom is -0.485 e. The van der Waals surface area contributed by atoms with Crippen molar-refractivity contribution in [3.63, 3.8) is 0 Å². The van der Waals surface area contributed by atoms with E-state index >= 15 is 0 Å². The SMILES string of the molecule is Cc1ccc(C(C)Oc2cccc3nc(-c4sc5ccccc5c4C)c(C)c(C(=O)O)c23)cc1. The van der Waals surface area contributed by atoms with Crippen LogP contribution in [0, 0.1) is 20.8 Å². The van der Waals surface area contributed by atoms with E-state index in [1.165, 1.54) is 10.9 Å². The number of rotatable bonds is 5. The first-order valence-electron chi connectivity index (χ1n) is 11.2. The van der Waals surface area contributed by atoms with Crippen molar-refractivity contribution >= 4 is 38.3 Å². The Morgan fingerprint density at radius 3 is 2.38 bits per heavy atom. The second-order valence-corrected chi connectivity index (χ2v) is 9.69. The van der Waals surface area contributed by atoms with E-state index < -0.39 is 5.97 Å². The molecule has 2 aromatic heterocycles. The van der Waals surface area contributed by atoms with Crippen molar-refractivity contribution in [1.82, 2.24) is 4.98 Å². The molecule has 2 heterocycles. The van der Waals surface area contributed by atoms with Crippen molar-refractivity contribution in [3.05, 3.63) is 94.5 Å². The molecule has 0 aliphatic rings. The Labute approximate surface area is 202 Å². The van der Waals surface area contributed by atoms with Gasteiger partial charge in [0.05, 0.1) is 27.0 Å². The normalized spacial score (nSPS) is 12.2. The summed E-state index contributed by atoms with van der Waals surface area (Å²) in [6.45, 7) is 7.93. The smallest absolute Gasteiger partial charge is 0.336 e. The van der Waals surface area contributed by atoms with Crippen LogP contribution in [0.1, 0.15) is 45.6 Å². The fourth-order valence-corrected chi connectivity index (χ4v) is 5.71. The van der Waals surface area contributed by atoms with Gasteiger partial charge in [-0.05, 0) is 68.0 Å². The van der Waals surface area contributed by atoms with Gasteiger partial charge in [0, 0.05) is 4.70 Å². The fourth-order valence-electron chi connectivity index (χ4n) is 4.46. The standard InChI is InChI=1S/C29H25NO3S/c1-16-12-14-20(15-13-16)19(4)33-23-10-7-9-22-26(23)25(29(31)32)18(3)27(30-22)28-17(2)21-8-5-6-11-24(21)34-28/h5-15,19H,1-4H3,(H,31,32). The molecule has 0 aliphatic heterocycles. The predicted octanol–water partition coefficient (Wildman–Crippen LogP) is 7.88. The average Bonchev–Trinajstić information content (AvgIpc) is 3.15. The van der Waals surface area contributed by atoms with Crippen molar-refractivity contribution in [2.24, 2.45) is 0 Å². The number of ether oxygens (including phenoxy) is 1. The van der Waals surface area contributed by atoms with Gasteiger partial charge in [-0.25, -0.2) is 9.78 Å². The highest BCUT2D eigenvalue weighted by Crippen LogP contribution is 2.42. The van der Waals surface area contributed by atoms with Crippen LogP contribution in [0.2, 0.25) is 0 Å². The van der Waals surface area contributed by atoms with Gasteiger partial charge in [-0.2, -0.15) is 0 Å². The molecule has 0 amide bonds. The molecule has 0 aliphatic carbocycles. The molecule has 1 atom stereocenters. The van der Waals surface area contributed by atoms with E-state index in [4.69, 9.17) is 9.72 Å². The quantitative estimate of drug-likeness (QED) is 0.286. The first-order valence-corrected chi connectivity index (χ1v) is 12.0. The largest absolute Gasteiger partial charge is 0.485 e. The first-order chi connectivity index (χ1) is 16.3. The second-order valence-electron chi connectivity index (χ2n) is 8.64. The second kappa shape index (κ2) is 8.58. The summed E-state index contributed by atoms with van der Waals surface area (Å²) in [5.41, 5.74) is 5.54. The Balaban J connectivity index is 1.69. The minimum atomic E-state index is -0.982. The van der Waals surface area contributed by atoms with Crippen LogP contribution in [-0.4, -0.2) is 16.1 Å². The van der Waals surface area contributed by atoms with Gasteiger partial charge in [-0.15, -0.1) is 11.3 Å². The molecule has 34 heavy (non-hydrogen) atoms. The third-order valence-corrected chi connectivity index (χ3v) is 7.62. The number of aromatic carboxylic acids is 1. The molecule has 1 N–H and O–H groups in total. The van der Waals surface area contributed by atoms with E-state index in [1.54, 1.807) is 11.3 Å². The van der Waals surface area contributed by atoms with Gasteiger partial charge in [-0.3, -0.25) is 0 Å². The Morgan fingerprint density at radius 1 is 0.941 bits per heavy atom. The summed E-state index contributed by atoms with van der Waals surface area (Å²) in [5.74, 6) is -0.456. The van der Waals surface area contributed by atoms with Crippen LogP contribution >= 0.6 is 11.3 Å². The van der Waals surface area contributed by atoms with E-state index in [0.29, 0.717) is 27.9 Å². The fraction of sp³-hybridized carbons (Fsp3) is 0.172. The molecule has 0 bridgehead atoms. The molecule has 0 fully saturated rings. The van der Waals surface area contributed by atoms with Crippen molar-refractivity contribution < 1.29 is 14.6 Å². The minimum absolute atomic E-state index is 0.238. The maximum atomic E-state index is 12.5. The van der Waals surface area contributed by atoms with Gasteiger partial charge in [-0.1, -0.05) is 54.1 Å². The van der Waals surface area contributed by atoms with Crippen LogP contribution < -0.4 is 4.74 Å². The Kier molecular flexibility index (Phi) is 5.58. The van der Waals surface area contributed by atoms with Gasteiger partial charge >= 0.3 is 5.97 Å². The molecule has 170 valence electrons. The van der Waals surface area contributed by atoms with E-state index in [9.17, 15) is 9.90 Å². The van der Waals surface area contributed by atoms with Gasteiger partial charge in [0.15, 0.2) is 0 Å². The predicted molar refractivity (Wildman–Crippen MR) is 139 cm³/mol. The summed E-state index contributed by atoms with van der Waals surface area (Å²) in [4.78, 5) is 18.5. The number of hydrogen-bond acceptors (Lipinski definition) is 4. The lowest BCUT2D eigenvalue weighted by atomic mass is 9.98. The van der Waals surface area contributed by atoms with Gasteiger partial charge < -0.3 is 9.84 Å². The van der Waals surface area contributed by atoms with Crippen LogP contribution in [0.15, 0.2) is 66.7 Å². The maximum absolute atomic E-state index is 12.5. The van der Waals surface area contributed by atoms with Crippen LogP contribution in [0.25, 0.3) is 31.6 Å². The molecule has 0 spiro atoms. The van der Waals surface area contributed by atoms with Crippen LogP contribution in [0.3, 0.4) is 0 Å². The van der Waals surface area contributed by atoms with Gasteiger partial charge in [0.1, 0.15) is 11.9 Å². The van der Waals surface area contributed by atoms with Gasteiger partial charge in [0.25, 0.3) is 0 Å². The van der Waals surface area contributed by atoms with Crippen molar-refractivity contribution in [2.75, 3.05) is 0 Å². The molecular weight excluding hydrogens is 442 g/mol. The van der Waals surface area contributed by atoms with E-state index in [-0.39, 0.29) is 11.7 Å². The summed E-state index contributed by atoms with van der Waals surface area (Å²) in [5, 5.41) is 12.0. The van der Waals surface area contributed by atoms with Crippen molar-refractivity contribution in [2.45, 2.75) is 33.8 Å². The van der Waals surface area contributed by atoms with Gasteiger partial charge in [0.2, 0.25) is 0 Å². The number of carboxylic acid groups (broad SMARTS) is 1. The van der Waals surface area contributed by atoms with Crippen molar-refractivity contribution in [3.8, 4) is 16.3 Å². The molecule has 5 aromatic rings. The lowest BCUT2D eigenvalue weighted by Crippen LogP contribution is -2.08. The Hall–Kier alpha value is -3.70. The molecule has 0 saturated heterocycles. The van der Waals surface area contributed by atoms with Crippen LogP contribution in [0.4, 0.5) is 0 Å². The number of aryl methyl sites for hydroxylation is 2. The lowest BCUT2D eigenvalue weighted by Gasteiger charge is -2.19. The molecule has 1 unspecified atom stereocenters. The highest BCUT2D eigenvalue weighted by molar-refractivity contribution is 7.22. The summed E-state index contributed by atoms with van der Waals surface area (Å²) >= 11 is 1.65. The summed E-state index contributed by atoms with van der Waals surface area (Å²) in [6.07, 6.45) is -0.238. The zero-order chi connectivity index (χ0) is 24.0. The third-order valence-electron chi connectivity index (χ3n) is 6.34. The van der Waals surface area contributed by atoms with E-state index in [1.807, 2.05) is 75.4 Å². The summed E-state index contributed by atoms with van der Waals surface area (Å²) < 4.78 is 7.48. The topological polar surface area (TPSA) is 59.4 Å². The summed E-state index contributed by atoms with van der Waals surface area (Å²) in [7, 11) is 0. The zero-order valence-corrected chi connectivity index (χ0v) is 20.4. The highest BCUT2D eigenvalue weighted by Gasteiger charge is 2.24. The highest BCUT2D eigenvalue weighted by atomic mass is 32.1. The summed E-state index contributed by atoms with van der Waals surface area (Å²) in [6, 6.07) is 21.9. The number of carbonyl (C=O) groups is 1. The molecule has 5 rings (SSSR count). The number of carboxylic acids is 1. The molecule has 3 aromatic carbocycles. The van der Waals surface area contributed by atoms with Crippen LogP contribution in [-0.2, 0) is 0 Å². The van der Waals surface area contributed by atoms with Crippen LogP contribution in [0.5, 0.6) is 5.75 Å². The van der Waals surface area contributed by atoms with Crippen molar-refractivity contribution in [1.29, 1.82) is 0 Å². The number of hydrogen-bond donors (Lipinski definition) is 1. The lowest BCUT2D eigenvalue weighted by molar-refractivity contribution is 0.0697. The maximum Gasteiger partial charge on any atom is 0.336 e.